The van der Waals surface area contributed by atoms with E-state index in [2.05, 4.69) is 10.3 Å². The van der Waals surface area contributed by atoms with Crippen LogP contribution in [-0.2, 0) is 9.59 Å². The van der Waals surface area contributed by atoms with Gasteiger partial charge in [-0.1, -0.05) is 0 Å². The number of hydrogen-bond donors (Lipinski definition) is 5. The summed E-state index contributed by atoms with van der Waals surface area (Å²) >= 11 is 4.60. The van der Waals surface area contributed by atoms with E-state index in [9.17, 15) is 18.0 Å². The normalized spacial score (nSPS) is 10.7. The number of aliphatic carboxylic acids is 1. The van der Waals surface area contributed by atoms with Gasteiger partial charge in [-0.2, -0.15) is 13.2 Å². The highest BCUT2D eigenvalue weighted by Crippen LogP contribution is 2.39. The molecule has 0 aliphatic carbocycles. The molecule has 9 nitrogen and oxygen atoms in total. The summed E-state index contributed by atoms with van der Waals surface area (Å²) in [5.41, 5.74) is 13.3. The highest BCUT2D eigenvalue weighted by atomic mass is 32.2. The average Bonchev–Trinajstić information content (AvgIpc) is 3.39. The van der Waals surface area contributed by atoms with Gasteiger partial charge in [0.25, 0.3) is 5.91 Å². The number of nitrogens with zero attached hydrogens (tertiary/aromatic N) is 1. The highest BCUT2D eigenvalue weighted by Gasteiger charge is 2.38. The number of halogens is 3. The lowest BCUT2D eigenvalue weighted by Crippen LogP contribution is -2.21. The molecular weight excluding hydrogens is 515 g/mol. The maximum atomic E-state index is 10.7. The summed E-state index contributed by atoms with van der Waals surface area (Å²) in [5.74, 6) is -2.64. The molecule has 15 heteroatoms. The number of carbonyl (C=O) groups excluding carboxylic acids is 1. The minimum Gasteiger partial charge on any atom is -0.484 e. The second-order valence-corrected chi connectivity index (χ2v) is 9.16. The van der Waals surface area contributed by atoms with Crippen LogP contribution < -0.4 is 21.5 Å². The number of primary amides is 1. The Balaban J connectivity index is 0.000000509. The van der Waals surface area contributed by atoms with Gasteiger partial charge in [-0.3, -0.25) is 10.2 Å². The lowest BCUT2D eigenvalue weighted by atomic mass is 10.2. The summed E-state index contributed by atoms with van der Waals surface area (Å²) in [6, 6.07) is 9.09. The predicted octanol–water partition coefficient (Wildman–Crippen LogP) is 4.12. The van der Waals surface area contributed by atoms with Crippen LogP contribution in [0.5, 0.6) is 5.75 Å². The van der Waals surface area contributed by atoms with E-state index in [0.29, 0.717) is 5.75 Å². The summed E-state index contributed by atoms with van der Waals surface area (Å²) in [4.78, 5) is 25.0. The van der Waals surface area contributed by atoms with Crippen LogP contribution in [0.15, 0.2) is 39.9 Å². The zero-order valence-electron chi connectivity index (χ0n) is 17.3. The molecule has 2 aromatic heterocycles. The van der Waals surface area contributed by atoms with Crippen molar-refractivity contribution in [1.29, 1.82) is 5.41 Å². The maximum absolute atomic E-state index is 10.7. The molecule has 34 heavy (non-hydrogen) atoms. The Hall–Kier alpha value is -3.30. The number of carboxylic acids is 1. The third-order valence-corrected chi connectivity index (χ3v) is 6.72. The number of thiazole rings is 1. The van der Waals surface area contributed by atoms with Crippen molar-refractivity contribution in [3.63, 3.8) is 0 Å². The molecule has 0 saturated carbocycles. The third kappa shape index (κ3) is 7.93. The van der Waals surface area contributed by atoms with E-state index in [4.69, 9.17) is 31.5 Å². The van der Waals surface area contributed by atoms with E-state index in [-0.39, 0.29) is 12.4 Å². The highest BCUT2D eigenvalue weighted by molar-refractivity contribution is 8.00. The van der Waals surface area contributed by atoms with Gasteiger partial charge in [0.15, 0.2) is 11.7 Å². The van der Waals surface area contributed by atoms with Gasteiger partial charge in [0, 0.05) is 16.6 Å². The minimum atomic E-state index is -5.08. The van der Waals surface area contributed by atoms with Crippen LogP contribution >= 0.6 is 34.4 Å². The maximum Gasteiger partial charge on any atom is 0.490 e. The number of alkyl halides is 3. The topological polar surface area (TPSA) is 164 Å². The lowest BCUT2D eigenvalue weighted by molar-refractivity contribution is -0.192. The van der Waals surface area contributed by atoms with Gasteiger partial charge in [-0.15, -0.1) is 34.4 Å². The van der Waals surface area contributed by atoms with E-state index >= 15 is 0 Å². The quantitative estimate of drug-likeness (QED) is 0.164. The van der Waals surface area contributed by atoms with E-state index in [1.165, 1.54) is 22.7 Å². The minimum absolute atomic E-state index is 0.0637. The van der Waals surface area contributed by atoms with Crippen molar-refractivity contribution in [3.8, 4) is 17.0 Å². The summed E-state index contributed by atoms with van der Waals surface area (Å²) in [5, 5.41) is 20.7. The van der Waals surface area contributed by atoms with Gasteiger partial charge in [-0.25, -0.2) is 9.78 Å². The molecule has 0 unspecified atom stereocenters. The Morgan fingerprint density at radius 1 is 1.26 bits per heavy atom. The first-order valence-corrected chi connectivity index (χ1v) is 11.9. The number of hydrogen-bond acceptors (Lipinski definition) is 9. The van der Waals surface area contributed by atoms with E-state index in [1.807, 2.05) is 29.8 Å². The van der Waals surface area contributed by atoms with Crippen LogP contribution in [0, 0.1) is 5.41 Å². The number of nitrogen functional groups attached to an aromatic ring is 1. The zero-order chi connectivity index (χ0) is 25.5. The molecule has 0 saturated heterocycles. The number of amidine groups is 1. The fraction of sp³-hybridized carbons (Fsp3) is 0.158. The number of nitrogens with one attached hydrogen (secondary N) is 2. The largest absolute Gasteiger partial charge is 0.490 e. The first-order valence-electron chi connectivity index (χ1n) is 8.97. The number of thioether (sulfide) groups is 1. The van der Waals surface area contributed by atoms with Crippen molar-refractivity contribution in [2.24, 2.45) is 11.5 Å². The Bertz CT molecular complexity index is 1160. The van der Waals surface area contributed by atoms with E-state index < -0.39 is 18.1 Å². The van der Waals surface area contributed by atoms with Gasteiger partial charge >= 0.3 is 12.1 Å². The van der Waals surface area contributed by atoms with Gasteiger partial charge in [0.2, 0.25) is 0 Å². The molecule has 2 heterocycles. The molecule has 3 aromatic rings. The van der Waals surface area contributed by atoms with Crippen molar-refractivity contribution in [1.82, 2.24) is 4.98 Å². The smallest absolute Gasteiger partial charge is 0.484 e. The van der Waals surface area contributed by atoms with Gasteiger partial charge in [0.1, 0.15) is 11.6 Å². The van der Waals surface area contributed by atoms with Crippen molar-refractivity contribution in [2.45, 2.75) is 10.4 Å². The number of amides is 1. The molecule has 1 aromatic carbocycles. The number of ether oxygens (including phenoxy) is 1. The number of rotatable bonds is 8. The fourth-order valence-electron chi connectivity index (χ4n) is 2.20. The monoisotopic (exact) mass is 533 g/mol. The van der Waals surface area contributed by atoms with Crippen molar-refractivity contribution in [3.05, 3.63) is 40.6 Å². The molecule has 0 fully saturated rings. The number of carboxylic acid groups (broad SMARTS) is 1. The molecule has 0 atom stereocenters. The zero-order valence-corrected chi connectivity index (χ0v) is 19.8. The number of nitrogens with two attached hydrogens (primary N) is 2. The van der Waals surface area contributed by atoms with Gasteiger partial charge < -0.3 is 26.6 Å². The molecule has 0 spiro atoms. The molecule has 7 N–H and O–H groups in total. The SMILES string of the molecule is CSc1sc(C(=N)N)cc1-c1csc(Nc2ccc(OCC(N)=O)cc2)n1.O=C(O)C(F)(F)F. The van der Waals surface area contributed by atoms with Crippen molar-refractivity contribution < 1.29 is 32.6 Å². The van der Waals surface area contributed by atoms with Crippen LogP contribution in [0.2, 0.25) is 0 Å². The standard InChI is InChI=1S/C17H17N5O2S3.C2HF3O2/c1-25-16-11(6-13(27-16)15(19)20)12-8-26-17(22-12)21-9-2-4-10(5-3-9)24-7-14(18)23;3-2(4,5)1(6)7/h2-6,8H,7H2,1H3,(H2,18,23)(H3,19,20)(H,21,22);(H,6,7). The molecule has 182 valence electrons. The number of anilines is 2. The second kappa shape index (κ2) is 11.7. The first-order chi connectivity index (χ1) is 15.9. The van der Waals surface area contributed by atoms with Gasteiger partial charge in [0.05, 0.1) is 14.8 Å². The Kier molecular flexibility index (Phi) is 9.28. The first kappa shape index (κ1) is 26.9. The lowest BCUT2D eigenvalue weighted by Gasteiger charge is -2.06. The number of thiophene rings is 1. The molecule has 1 amide bonds. The Labute approximate surface area is 203 Å². The summed E-state index contributed by atoms with van der Waals surface area (Å²) < 4.78 is 38.1. The molecule has 3 rings (SSSR count). The van der Waals surface area contributed by atoms with E-state index in [0.717, 1.165) is 31.2 Å². The predicted molar refractivity (Wildman–Crippen MR) is 126 cm³/mol. The fourth-order valence-corrected chi connectivity index (χ4v) is 4.68. The van der Waals surface area contributed by atoms with Crippen LogP contribution in [0.4, 0.5) is 24.0 Å². The average molecular weight is 534 g/mol. The summed E-state index contributed by atoms with van der Waals surface area (Å²) in [6.45, 7) is -0.150. The van der Waals surface area contributed by atoms with Crippen LogP contribution in [0.25, 0.3) is 11.3 Å². The second-order valence-electron chi connectivity index (χ2n) is 6.17. The molecule has 0 radical (unpaired) electrons. The Morgan fingerprint density at radius 2 is 1.88 bits per heavy atom. The number of benzene rings is 1. The van der Waals surface area contributed by atoms with Crippen LogP contribution in [0.3, 0.4) is 0 Å². The number of carbonyl (C=O) groups is 2. The summed E-state index contributed by atoms with van der Waals surface area (Å²) in [6.07, 6.45) is -3.09. The van der Waals surface area contributed by atoms with Crippen LogP contribution in [0.1, 0.15) is 4.88 Å². The van der Waals surface area contributed by atoms with Crippen molar-refractivity contribution >= 4 is 63.0 Å². The Morgan fingerprint density at radius 3 is 2.38 bits per heavy atom. The van der Waals surface area contributed by atoms with Gasteiger partial charge in [-0.05, 0) is 36.6 Å². The molecular formula is C19H18F3N5O4S3. The molecule has 0 aliphatic heterocycles. The molecule has 0 bridgehead atoms. The summed E-state index contributed by atoms with van der Waals surface area (Å²) in [7, 11) is 0. The van der Waals surface area contributed by atoms with E-state index in [1.54, 1.807) is 23.9 Å². The molecule has 0 aliphatic rings. The third-order valence-electron chi connectivity index (χ3n) is 3.66. The van der Waals surface area contributed by atoms with Crippen molar-refractivity contribution in [2.75, 3.05) is 18.2 Å². The van der Waals surface area contributed by atoms with Crippen LogP contribution in [-0.4, -0.2) is 46.8 Å². The number of aromatic nitrogens is 1.